The lowest BCUT2D eigenvalue weighted by Crippen LogP contribution is -2.43. The van der Waals surface area contributed by atoms with Gasteiger partial charge in [-0.15, -0.1) is 0 Å². The molecule has 0 saturated heterocycles. The second-order valence-electron chi connectivity index (χ2n) is 4.54. The van der Waals surface area contributed by atoms with Gasteiger partial charge >= 0.3 is 12.1 Å². The molecule has 1 aromatic rings. The molecule has 1 aromatic carbocycles. The number of hydrogen-bond acceptors (Lipinski definition) is 3. The molecule has 1 amide bonds. The predicted octanol–water partition coefficient (Wildman–Crippen LogP) is 2.27. The van der Waals surface area contributed by atoms with Gasteiger partial charge in [-0.1, -0.05) is 12.7 Å². The van der Waals surface area contributed by atoms with E-state index in [4.69, 9.17) is 4.74 Å². The standard InChI is InChI=1S/C14H14FNO4/c1-3-4-20-14(19)16-11-6-8(2)5-10(15)9(11)7-12(16)13(17)18/h3,5-6,12H,1,4,7H2,2H3,(H,17,18). The van der Waals surface area contributed by atoms with Crippen molar-refractivity contribution in [3.8, 4) is 0 Å². The molecule has 0 bridgehead atoms. The van der Waals surface area contributed by atoms with Gasteiger partial charge in [0.25, 0.3) is 0 Å². The monoisotopic (exact) mass is 279 g/mol. The van der Waals surface area contributed by atoms with E-state index in [1.807, 2.05) is 0 Å². The number of benzene rings is 1. The number of halogens is 1. The third kappa shape index (κ3) is 2.36. The van der Waals surface area contributed by atoms with Gasteiger partial charge in [0.15, 0.2) is 0 Å². The first-order chi connectivity index (χ1) is 9.45. The number of fused-ring (bicyclic) bond motifs is 1. The van der Waals surface area contributed by atoms with Crippen molar-refractivity contribution < 1.29 is 23.8 Å². The molecule has 0 aliphatic carbocycles. The van der Waals surface area contributed by atoms with E-state index in [9.17, 15) is 19.1 Å². The molecule has 0 saturated carbocycles. The van der Waals surface area contributed by atoms with Crippen molar-refractivity contribution >= 4 is 17.7 Å². The lowest BCUT2D eigenvalue weighted by Gasteiger charge is -2.21. The van der Waals surface area contributed by atoms with Gasteiger partial charge in [0.05, 0.1) is 5.69 Å². The molecule has 0 radical (unpaired) electrons. The number of amides is 1. The van der Waals surface area contributed by atoms with Crippen LogP contribution in [-0.4, -0.2) is 29.8 Å². The molecule has 6 heteroatoms. The van der Waals surface area contributed by atoms with Gasteiger partial charge in [0, 0.05) is 12.0 Å². The number of hydrogen-bond donors (Lipinski definition) is 1. The quantitative estimate of drug-likeness (QED) is 0.862. The number of carbonyl (C=O) groups excluding carboxylic acids is 1. The van der Waals surface area contributed by atoms with E-state index in [0.717, 1.165) is 4.90 Å². The first kappa shape index (κ1) is 14.0. The highest BCUT2D eigenvalue weighted by Gasteiger charge is 2.41. The average molecular weight is 279 g/mol. The summed E-state index contributed by atoms with van der Waals surface area (Å²) in [6.07, 6.45) is 0.489. The summed E-state index contributed by atoms with van der Waals surface area (Å²) >= 11 is 0. The minimum absolute atomic E-state index is 0.0364. The fourth-order valence-corrected chi connectivity index (χ4v) is 2.25. The van der Waals surface area contributed by atoms with Crippen LogP contribution in [0.25, 0.3) is 0 Å². The number of carboxylic acid groups (broad SMARTS) is 1. The summed E-state index contributed by atoms with van der Waals surface area (Å²) in [7, 11) is 0. The first-order valence-corrected chi connectivity index (χ1v) is 6.04. The average Bonchev–Trinajstić information content (AvgIpc) is 2.75. The highest BCUT2D eigenvalue weighted by molar-refractivity contribution is 5.98. The van der Waals surface area contributed by atoms with Crippen LogP contribution in [0.3, 0.4) is 0 Å². The molecular weight excluding hydrogens is 265 g/mol. The van der Waals surface area contributed by atoms with E-state index < -0.39 is 23.9 Å². The summed E-state index contributed by atoms with van der Waals surface area (Å²) in [4.78, 5) is 24.2. The van der Waals surface area contributed by atoms with Crippen LogP contribution in [0.5, 0.6) is 0 Å². The molecule has 1 atom stereocenters. The largest absolute Gasteiger partial charge is 0.480 e. The van der Waals surface area contributed by atoms with Gasteiger partial charge in [0.2, 0.25) is 0 Å². The highest BCUT2D eigenvalue weighted by atomic mass is 19.1. The predicted molar refractivity (Wildman–Crippen MR) is 70.3 cm³/mol. The Morgan fingerprint density at radius 1 is 1.60 bits per heavy atom. The number of aryl methyl sites for hydroxylation is 1. The van der Waals surface area contributed by atoms with Gasteiger partial charge in [-0.05, 0) is 24.6 Å². The van der Waals surface area contributed by atoms with Crippen LogP contribution in [0.4, 0.5) is 14.9 Å². The van der Waals surface area contributed by atoms with Gasteiger partial charge in [-0.3, -0.25) is 4.90 Å². The highest BCUT2D eigenvalue weighted by Crippen LogP contribution is 2.35. The van der Waals surface area contributed by atoms with Crippen LogP contribution in [-0.2, 0) is 16.0 Å². The van der Waals surface area contributed by atoms with Gasteiger partial charge < -0.3 is 9.84 Å². The van der Waals surface area contributed by atoms with Gasteiger partial charge in [0.1, 0.15) is 18.5 Å². The normalized spacial score (nSPS) is 16.7. The SMILES string of the molecule is C=CCOC(=O)N1c2cc(C)cc(F)c2CC1C(=O)O. The molecule has 1 N–H and O–H groups in total. The van der Waals surface area contributed by atoms with E-state index in [0.29, 0.717) is 5.56 Å². The van der Waals surface area contributed by atoms with E-state index in [1.54, 1.807) is 13.0 Å². The topological polar surface area (TPSA) is 66.8 Å². The smallest absolute Gasteiger partial charge is 0.415 e. The van der Waals surface area contributed by atoms with Crippen molar-refractivity contribution in [3.63, 3.8) is 0 Å². The lowest BCUT2D eigenvalue weighted by atomic mass is 10.1. The molecule has 1 aliphatic heterocycles. The minimum Gasteiger partial charge on any atom is -0.480 e. The molecule has 1 unspecified atom stereocenters. The molecule has 5 nitrogen and oxygen atoms in total. The van der Waals surface area contributed by atoms with Crippen molar-refractivity contribution in [2.24, 2.45) is 0 Å². The first-order valence-electron chi connectivity index (χ1n) is 6.04. The fourth-order valence-electron chi connectivity index (χ4n) is 2.25. The molecular formula is C14H14FNO4. The third-order valence-electron chi connectivity index (χ3n) is 3.09. The minimum atomic E-state index is -1.20. The summed E-state index contributed by atoms with van der Waals surface area (Å²) in [5, 5.41) is 9.20. The number of aliphatic carboxylic acids is 1. The Labute approximate surface area is 115 Å². The molecule has 106 valence electrons. The number of anilines is 1. The van der Waals surface area contributed by atoms with Gasteiger partial charge in [-0.2, -0.15) is 0 Å². The van der Waals surface area contributed by atoms with Crippen LogP contribution in [0.2, 0.25) is 0 Å². The van der Waals surface area contributed by atoms with Gasteiger partial charge in [-0.25, -0.2) is 14.0 Å². The molecule has 1 aliphatic rings. The van der Waals surface area contributed by atoms with Crippen LogP contribution in [0.1, 0.15) is 11.1 Å². The third-order valence-corrected chi connectivity index (χ3v) is 3.09. The lowest BCUT2D eigenvalue weighted by molar-refractivity contribution is -0.138. The Balaban J connectivity index is 2.44. The summed E-state index contributed by atoms with van der Waals surface area (Å²) in [5.74, 6) is -1.71. The maximum atomic E-state index is 13.9. The Morgan fingerprint density at radius 3 is 2.90 bits per heavy atom. The van der Waals surface area contributed by atoms with Crippen molar-refractivity contribution in [3.05, 3.63) is 41.7 Å². The van der Waals surface area contributed by atoms with E-state index in [-0.39, 0.29) is 24.3 Å². The van der Waals surface area contributed by atoms with E-state index in [2.05, 4.69) is 6.58 Å². The molecule has 2 rings (SSSR count). The maximum Gasteiger partial charge on any atom is 0.415 e. The number of carbonyl (C=O) groups is 2. The zero-order valence-corrected chi connectivity index (χ0v) is 10.9. The molecule has 20 heavy (non-hydrogen) atoms. The summed E-state index contributed by atoms with van der Waals surface area (Å²) in [5.41, 5.74) is 1.08. The van der Waals surface area contributed by atoms with Crippen molar-refractivity contribution in [1.82, 2.24) is 0 Å². The van der Waals surface area contributed by atoms with Crippen molar-refractivity contribution in [1.29, 1.82) is 0 Å². The second kappa shape index (κ2) is 5.32. The summed E-state index contributed by atoms with van der Waals surface area (Å²) in [6.45, 7) is 5.05. The summed E-state index contributed by atoms with van der Waals surface area (Å²) in [6, 6.07) is 1.74. The second-order valence-corrected chi connectivity index (χ2v) is 4.54. The Kier molecular flexibility index (Phi) is 3.74. The van der Waals surface area contributed by atoms with Crippen LogP contribution < -0.4 is 4.90 Å². The number of nitrogens with zero attached hydrogens (tertiary/aromatic N) is 1. The van der Waals surface area contributed by atoms with Crippen LogP contribution >= 0.6 is 0 Å². The zero-order chi connectivity index (χ0) is 14.9. The number of rotatable bonds is 3. The Bertz CT molecular complexity index is 585. The Hall–Kier alpha value is -2.37. The zero-order valence-electron chi connectivity index (χ0n) is 10.9. The number of carboxylic acids is 1. The van der Waals surface area contributed by atoms with E-state index in [1.165, 1.54) is 12.1 Å². The van der Waals surface area contributed by atoms with Crippen molar-refractivity contribution in [2.75, 3.05) is 11.5 Å². The summed E-state index contributed by atoms with van der Waals surface area (Å²) < 4.78 is 18.8. The van der Waals surface area contributed by atoms with Crippen molar-refractivity contribution in [2.45, 2.75) is 19.4 Å². The maximum absolute atomic E-state index is 13.9. The van der Waals surface area contributed by atoms with Crippen LogP contribution in [0, 0.1) is 12.7 Å². The fraction of sp³-hybridized carbons (Fsp3) is 0.286. The molecule has 1 heterocycles. The molecule has 0 aromatic heterocycles. The number of ether oxygens (including phenoxy) is 1. The molecule has 0 spiro atoms. The Morgan fingerprint density at radius 2 is 2.30 bits per heavy atom. The molecule has 0 fully saturated rings. The van der Waals surface area contributed by atoms with Crippen LogP contribution in [0.15, 0.2) is 24.8 Å². The van der Waals surface area contributed by atoms with E-state index >= 15 is 0 Å².